The highest BCUT2D eigenvalue weighted by molar-refractivity contribution is 6.06. The average Bonchev–Trinajstić information content (AvgIpc) is 2.91. The van der Waals surface area contributed by atoms with E-state index in [1.165, 1.54) is 31.0 Å². The Kier molecular flexibility index (Phi) is 7.01. The van der Waals surface area contributed by atoms with E-state index in [2.05, 4.69) is 20.4 Å². The number of para-hydroxylation sites is 1. The minimum Gasteiger partial charge on any atom is -0.504 e. The highest BCUT2D eigenvalue weighted by Gasteiger charge is 2.21. The molecule has 36 heavy (non-hydrogen) atoms. The largest absolute Gasteiger partial charge is 0.504 e. The number of carbonyl (C=O) groups excluding carboxylic acids is 1. The topological polar surface area (TPSA) is 127 Å². The molecule has 0 aliphatic carbocycles. The number of benzene rings is 2. The molecule has 188 valence electrons. The van der Waals surface area contributed by atoms with E-state index in [-0.39, 0.29) is 11.3 Å². The van der Waals surface area contributed by atoms with E-state index in [9.17, 15) is 15.0 Å². The number of aromatic nitrogens is 3. The first-order valence-electron chi connectivity index (χ1n) is 12.5. The lowest BCUT2D eigenvalue weighted by Gasteiger charge is -2.30. The Bertz CT molecular complexity index is 1190. The third-order valence-electron chi connectivity index (χ3n) is 6.53. The number of nitrogens with zero attached hydrogens (tertiary/aromatic N) is 5. The monoisotopic (exact) mass is 489 g/mol. The van der Waals surface area contributed by atoms with Gasteiger partial charge >= 0.3 is 0 Å². The van der Waals surface area contributed by atoms with Crippen molar-refractivity contribution in [1.82, 2.24) is 15.0 Å². The molecule has 2 saturated heterocycles. The molecule has 10 heteroatoms. The number of hydrogen-bond acceptors (Lipinski definition) is 9. The Morgan fingerprint density at radius 2 is 1.33 bits per heavy atom. The summed E-state index contributed by atoms with van der Waals surface area (Å²) in [6, 6.07) is 11.5. The number of aromatic hydroxyl groups is 2. The van der Waals surface area contributed by atoms with Crippen LogP contribution in [-0.2, 0) is 0 Å². The quantitative estimate of drug-likeness (QED) is 0.376. The molecule has 0 saturated carbocycles. The van der Waals surface area contributed by atoms with Crippen molar-refractivity contribution in [3.63, 3.8) is 0 Å². The summed E-state index contributed by atoms with van der Waals surface area (Å²) in [5.74, 6) is 0.515. The summed E-state index contributed by atoms with van der Waals surface area (Å²) in [4.78, 5) is 31.4. The van der Waals surface area contributed by atoms with Crippen LogP contribution in [0.15, 0.2) is 42.5 Å². The van der Waals surface area contributed by atoms with E-state index < -0.39 is 11.7 Å². The van der Waals surface area contributed by atoms with E-state index >= 15 is 0 Å². The third kappa shape index (κ3) is 5.42. The molecule has 0 radical (unpaired) electrons. The van der Waals surface area contributed by atoms with Gasteiger partial charge in [-0.3, -0.25) is 4.79 Å². The molecule has 0 atom stereocenters. The molecule has 2 aliphatic rings. The average molecular weight is 490 g/mol. The standard InChI is InChI=1S/C26H31N7O3/c34-21-12-8-11-20(22(21)35)23(36)27-18-9-7-10-19(17-18)28-24-29-25(32-13-3-1-4-14-32)31-26(30-24)33-15-5-2-6-16-33/h7-12,17,34-35H,1-6,13-16H2,(H,27,36)(H,28,29,30,31). The second kappa shape index (κ2) is 10.7. The third-order valence-corrected chi connectivity index (χ3v) is 6.53. The number of phenolic OH excluding ortho intramolecular Hbond substituents is 2. The van der Waals surface area contributed by atoms with Gasteiger partial charge in [-0.05, 0) is 68.9 Å². The summed E-state index contributed by atoms with van der Waals surface area (Å²) in [6.45, 7) is 3.75. The van der Waals surface area contributed by atoms with Crippen LogP contribution >= 0.6 is 0 Å². The molecule has 3 aromatic rings. The Hall–Kier alpha value is -4.08. The zero-order valence-corrected chi connectivity index (χ0v) is 20.2. The van der Waals surface area contributed by atoms with Crippen molar-refractivity contribution >= 4 is 35.1 Å². The van der Waals surface area contributed by atoms with Crippen molar-refractivity contribution in [3.8, 4) is 11.5 Å². The number of carbonyl (C=O) groups is 1. The zero-order chi connectivity index (χ0) is 24.9. The molecule has 5 rings (SSSR count). The molecule has 0 bridgehead atoms. The second-order valence-corrected chi connectivity index (χ2v) is 9.19. The van der Waals surface area contributed by atoms with Crippen LogP contribution in [0.2, 0.25) is 0 Å². The van der Waals surface area contributed by atoms with Crippen LogP contribution in [0, 0.1) is 0 Å². The molecule has 10 nitrogen and oxygen atoms in total. The van der Waals surface area contributed by atoms with E-state index in [1.807, 2.05) is 6.07 Å². The van der Waals surface area contributed by atoms with Gasteiger partial charge in [0.15, 0.2) is 11.5 Å². The van der Waals surface area contributed by atoms with Gasteiger partial charge in [-0.2, -0.15) is 15.0 Å². The fraction of sp³-hybridized carbons (Fsp3) is 0.385. The lowest BCUT2D eigenvalue weighted by molar-refractivity contribution is 0.102. The number of piperidine rings is 2. The highest BCUT2D eigenvalue weighted by atomic mass is 16.3. The van der Waals surface area contributed by atoms with E-state index in [1.54, 1.807) is 18.2 Å². The first-order chi connectivity index (χ1) is 17.6. The van der Waals surface area contributed by atoms with Crippen molar-refractivity contribution in [1.29, 1.82) is 0 Å². The summed E-state index contributed by atoms with van der Waals surface area (Å²) in [5, 5.41) is 25.7. The van der Waals surface area contributed by atoms with Crippen LogP contribution in [0.4, 0.5) is 29.2 Å². The fourth-order valence-electron chi connectivity index (χ4n) is 4.60. The summed E-state index contributed by atoms with van der Waals surface area (Å²) in [5.41, 5.74) is 1.21. The van der Waals surface area contributed by atoms with Crippen LogP contribution < -0.4 is 20.4 Å². The molecule has 3 heterocycles. The number of anilines is 5. The van der Waals surface area contributed by atoms with Gasteiger partial charge in [-0.1, -0.05) is 12.1 Å². The van der Waals surface area contributed by atoms with Crippen molar-refractivity contribution in [2.45, 2.75) is 38.5 Å². The predicted octanol–water partition coefficient (Wildman–Crippen LogP) is 4.26. The van der Waals surface area contributed by atoms with Crippen molar-refractivity contribution in [3.05, 3.63) is 48.0 Å². The smallest absolute Gasteiger partial charge is 0.259 e. The zero-order valence-electron chi connectivity index (χ0n) is 20.2. The normalized spacial score (nSPS) is 16.0. The predicted molar refractivity (Wildman–Crippen MR) is 139 cm³/mol. The van der Waals surface area contributed by atoms with Crippen LogP contribution in [0.3, 0.4) is 0 Å². The maximum atomic E-state index is 12.6. The van der Waals surface area contributed by atoms with Crippen molar-refractivity contribution in [2.24, 2.45) is 0 Å². The van der Waals surface area contributed by atoms with Gasteiger partial charge in [0.2, 0.25) is 17.8 Å². The molecule has 1 aromatic heterocycles. The minimum atomic E-state index is -0.527. The number of nitrogens with one attached hydrogen (secondary N) is 2. The number of amides is 1. The van der Waals surface area contributed by atoms with Gasteiger partial charge in [0.05, 0.1) is 5.56 Å². The molecule has 2 aliphatic heterocycles. The molecule has 1 amide bonds. The van der Waals surface area contributed by atoms with Gasteiger partial charge in [-0.25, -0.2) is 0 Å². The van der Waals surface area contributed by atoms with Crippen LogP contribution in [0.5, 0.6) is 11.5 Å². The molecule has 0 spiro atoms. The Morgan fingerprint density at radius 1 is 0.750 bits per heavy atom. The lowest BCUT2D eigenvalue weighted by Crippen LogP contribution is -2.34. The van der Waals surface area contributed by atoms with Crippen LogP contribution in [0.1, 0.15) is 48.9 Å². The number of phenols is 2. The van der Waals surface area contributed by atoms with Gasteiger partial charge in [-0.15, -0.1) is 0 Å². The summed E-state index contributed by atoms with van der Waals surface area (Å²) >= 11 is 0. The highest BCUT2D eigenvalue weighted by Crippen LogP contribution is 2.29. The molecule has 4 N–H and O–H groups in total. The summed E-state index contributed by atoms with van der Waals surface area (Å²) in [7, 11) is 0. The van der Waals surface area contributed by atoms with Crippen LogP contribution in [-0.4, -0.2) is 57.3 Å². The summed E-state index contributed by atoms with van der Waals surface area (Å²) < 4.78 is 0. The minimum absolute atomic E-state index is 0.0109. The first kappa shape index (κ1) is 23.7. The van der Waals surface area contributed by atoms with E-state index in [0.29, 0.717) is 29.2 Å². The number of rotatable bonds is 6. The fourth-order valence-corrected chi connectivity index (χ4v) is 4.60. The Morgan fingerprint density at radius 3 is 1.97 bits per heavy atom. The molecular formula is C26H31N7O3. The number of hydrogen-bond donors (Lipinski definition) is 4. The molecular weight excluding hydrogens is 458 g/mol. The maximum Gasteiger partial charge on any atom is 0.259 e. The molecule has 0 unspecified atom stereocenters. The van der Waals surface area contributed by atoms with Gasteiger partial charge in [0.1, 0.15) is 0 Å². The van der Waals surface area contributed by atoms with Gasteiger partial charge < -0.3 is 30.6 Å². The molecule has 2 fully saturated rings. The van der Waals surface area contributed by atoms with E-state index in [4.69, 9.17) is 15.0 Å². The Labute approximate surface area is 210 Å². The van der Waals surface area contributed by atoms with Gasteiger partial charge in [0, 0.05) is 37.6 Å². The Balaban J connectivity index is 1.37. The van der Waals surface area contributed by atoms with Crippen molar-refractivity contribution < 1.29 is 15.0 Å². The van der Waals surface area contributed by atoms with Gasteiger partial charge in [0.25, 0.3) is 5.91 Å². The lowest BCUT2D eigenvalue weighted by atomic mass is 10.1. The second-order valence-electron chi connectivity index (χ2n) is 9.19. The van der Waals surface area contributed by atoms with Crippen molar-refractivity contribution in [2.75, 3.05) is 46.6 Å². The SMILES string of the molecule is O=C(Nc1cccc(Nc2nc(N3CCCCC3)nc(N3CCCCC3)n2)c1)c1cccc(O)c1O. The molecule has 2 aromatic carbocycles. The summed E-state index contributed by atoms with van der Waals surface area (Å²) in [6.07, 6.45) is 6.97. The maximum absolute atomic E-state index is 12.6. The first-order valence-corrected chi connectivity index (χ1v) is 12.5. The van der Waals surface area contributed by atoms with E-state index in [0.717, 1.165) is 51.9 Å². The van der Waals surface area contributed by atoms with Crippen LogP contribution in [0.25, 0.3) is 0 Å².